The second kappa shape index (κ2) is 11.7. The second-order valence-electron chi connectivity index (χ2n) is 11.4. The van der Waals surface area contributed by atoms with Crippen LogP contribution in [0.25, 0.3) is 0 Å². The van der Waals surface area contributed by atoms with Gasteiger partial charge in [-0.05, 0) is 89.2 Å². The van der Waals surface area contributed by atoms with Gasteiger partial charge in [-0.25, -0.2) is 0 Å². The average molecular weight is 471 g/mol. The van der Waals surface area contributed by atoms with Crippen molar-refractivity contribution in [3.8, 4) is 0 Å². The molecule has 2 aliphatic carbocycles. The van der Waals surface area contributed by atoms with Crippen molar-refractivity contribution in [2.45, 2.75) is 102 Å². The first-order valence-corrected chi connectivity index (χ1v) is 13.6. The monoisotopic (exact) mass is 470 g/mol. The summed E-state index contributed by atoms with van der Waals surface area (Å²) in [6, 6.07) is 0. The number of aliphatic hydroxyl groups is 2. The van der Waals surface area contributed by atoms with Gasteiger partial charge in [0.25, 0.3) is 0 Å². The second-order valence-corrected chi connectivity index (χ2v) is 11.4. The Morgan fingerprint density at radius 2 is 1.15 bits per heavy atom. The number of rotatable bonds is 7. The Hall–Kier alpha value is -1.20. The highest BCUT2D eigenvalue weighted by Crippen LogP contribution is 2.42. The van der Waals surface area contributed by atoms with Crippen LogP contribution in [0.4, 0.5) is 0 Å². The topological polar surface area (TPSA) is 58.9 Å². The molecule has 8 atom stereocenters. The maximum atomic E-state index is 10.7. The maximum absolute atomic E-state index is 10.7. The van der Waals surface area contributed by atoms with E-state index in [0.717, 1.165) is 75.4 Å². The summed E-state index contributed by atoms with van der Waals surface area (Å²) >= 11 is 0. The van der Waals surface area contributed by atoms with Gasteiger partial charge >= 0.3 is 0 Å². The molecular weight excluding hydrogens is 424 g/mol. The lowest BCUT2D eigenvalue weighted by atomic mass is 9.88. The first-order chi connectivity index (χ1) is 16.3. The van der Waals surface area contributed by atoms with Crippen molar-refractivity contribution in [3.63, 3.8) is 0 Å². The molecule has 190 valence electrons. The zero-order valence-corrected chi connectivity index (χ0v) is 21.4. The summed E-state index contributed by atoms with van der Waals surface area (Å²) in [6.45, 7) is 13.6. The van der Waals surface area contributed by atoms with Gasteiger partial charge in [-0.1, -0.05) is 36.5 Å². The lowest BCUT2D eigenvalue weighted by Gasteiger charge is -2.32. The van der Waals surface area contributed by atoms with E-state index in [2.05, 4.69) is 25.3 Å². The molecule has 2 aliphatic heterocycles. The van der Waals surface area contributed by atoms with Gasteiger partial charge in [0, 0.05) is 23.7 Å². The Morgan fingerprint density at radius 1 is 0.735 bits per heavy atom. The molecule has 4 fully saturated rings. The van der Waals surface area contributed by atoms with Gasteiger partial charge in [0.05, 0.1) is 37.6 Å². The van der Waals surface area contributed by atoms with Gasteiger partial charge in [-0.15, -0.1) is 0 Å². The molecule has 34 heavy (non-hydrogen) atoms. The van der Waals surface area contributed by atoms with Crippen LogP contribution in [0, 0.1) is 23.7 Å². The quantitative estimate of drug-likeness (QED) is 0.359. The van der Waals surface area contributed by atoms with E-state index in [9.17, 15) is 10.2 Å². The van der Waals surface area contributed by atoms with Crippen LogP contribution < -0.4 is 0 Å². The van der Waals surface area contributed by atoms with Gasteiger partial charge in [0.2, 0.25) is 0 Å². The summed E-state index contributed by atoms with van der Waals surface area (Å²) in [5, 5.41) is 21.3. The van der Waals surface area contributed by atoms with Crippen LogP contribution in [-0.2, 0) is 9.47 Å². The summed E-state index contributed by atoms with van der Waals surface area (Å²) in [4.78, 5) is 0. The Morgan fingerprint density at radius 3 is 1.44 bits per heavy atom. The molecule has 4 heteroatoms. The SMILES string of the molecule is C=C(C)[C@H]1CC[C@H]([C@H]2CC/C(=C/CC/C=C3/CC[C@H]([C@H]4CC[C@@H](C(=C)C)[C@@H]4O)OC3)CO2)[C@H]1O. The van der Waals surface area contributed by atoms with Crippen molar-refractivity contribution in [2.24, 2.45) is 23.7 Å². The minimum Gasteiger partial charge on any atom is -0.392 e. The van der Waals surface area contributed by atoms with E-state index in [1.807, 2.05) is 13.8 Å². The number of aliphatic hydroxyl groups excluding tert-OH is 2. The fraction of sp³-hybridized carbons (Fsp3) is 0.733. The molecule has 0 radical (unpaired) electrons. The number of hydrogen-bond donors (Lipinski definition) is 2. The highest BCUT2D eigenvalue weighted by Gasteiger charge is 2.41. The third kappa shape index (κ3) is 5.95. The van der Waals surface area contributed by atoms with Crippen LogP contribution in [0.15, 0.2) is 47.6 Å². The lowest BCUT2D eigenvalue weighted by Crippen LogP contribution is -2.35. The van der Waals surface area contributed by atoms with Crippen LogP contribution in [0.1, 0.15) is 78.1 Å². The van der Waals surface area contributed by atoms with E-state index in [-0.39, 0.29) is 48.1 Å². The van der Waals surface area contributed by atoms with E-state index in [1.54, 1.807) is 0 Å². The predicted molar refractivity (Wildman–Crippen MR) is 137 cm³/mol. The Bertz CT molecular complexity index is 710. The Kier molecular flexibility index (Phi) is 8.90. The molecule has 0 aromatic rings. The van der Waals surface area contributed by atoms with Crippen LogP contribution in [0.3, 0.4) is 0 Å². The Labute approximate surface area is 206 Å². The van der Waals surface area contributed by atoms with Crippen LogP contribution in [0.5, 0.6) is 0 Å². The van der Waals surface area contributed by atoms with Crippen molar-refractivity contribution in [1.29, 1.82) is 0 Å². The van der Waals surface area contributed by atoms with Crippen molar-refractivity contribution >= 4 is 0 Å². The van der Waals surface area contributed by atoms with Crippen molar-refractivity contribution in [3.05, 3.63) is 47.6 Å². The third-order valence-corrected chi connectivity index (χ3v) is 9.04. The maximum Gasteiger partial charge on any atom is 0.0680 e. The van der Waals surface area contributed by atoms with Crippen molar-refractivity contribution < 1.29 is 19.7 Å². The Balaban J connectivity index is 1.15. The molecule has 0 unspecified atom stereocenters. The fourth-order valence-corrected chi connectivity index (χ4v) is 6.88. The van der Waals surface area contributed by atoms with Crippen LogP contribution >= 0.6 is 0 Å². The van der Waals surface area contributed by atoms with Crippen LogP contribution in [-0.4, -0.2) is 47.8 Å². The number of allylic oxidation sites excluding steroid dienone is 2. The fourth-order valence-electron chi connectivity index (χ4n) is 6.88. The van der Waals surface area contributed by atoms with Crippen molar-refractivity contribution in [2.75, 3.05) is 13.2 Å². The van der Waals surface area contributed by atoms with Gasteiger partial charge in [-0.3, -0.25) is 0 Å². The zero-order valence-electron chi connectivity index (χ0n) is 21.4. The smallest absolute Gasteiger partial charge is 0.0680 e. The molecular formula is C30H46O4. The zero-order chi connectivity index (χ0) is 24.2. The molecule has 2 saturated carbocycles. The molecule has 0 bridgehead atoms. The van der Waals surface area contributed by atoms with E-state index in [0.29, 0.717) is 13.2 Å². The predicted octanol–water partition coefficient (Wildman–Crippen LogP) is 5.90. The van der Waals surface area contributed by atoms with Gasteiger partial charge in [0.1, 0.15) is 0 Å². The van der Waals surface area contributed by atoms with Crippen molar-refractivity contribution in [1.82, 2.24) is 0 Å². The molecule has 4 rings (SSSR count). The molecule has 2 heterocycles. The van der Waals surface area contributed by atoms with Gasteiger partial charge < -0.3 is 19.7 Å². The lowest BCUT2D eigenvalue weighted by molar-refractivity contribution is -0.0395. The molecule has 4 nitrogen and oxygen atoms in total. The van der Waals surface area contributed by atoms with Gasteiger partial charge in [0.15, 0.2) is 0 Å². The molecule has 0 amide bonds. The molecule has 0 aromatic carbocycles. The minimum atomic E-state index is -0.290. The molecule has 4 aliphatic rings. The van der Waals surface area contributed by atoms with Crippen LogP contribution in [0.2, 0.25) is 0 Å². The van der Waals surface area contributed by atoms with E-state index < -0.39 is 0 Å². The summed E-state index contributed by atoms with van der Waals surface area (Å²) in [6.07, 6.45) is 15.0. The minimum absolute atomic E-state index is 0.190. The molecule has 2 saturated heterocycles. The average Bonchev–Trinajstić information content (AvgIpc) is 3.40. The first-order valence-electron chi connectivity index (χ1n) is 13.6. The number of hydrogen-bond acceptors (Lipinski definition) is 4. The molecule has 2 N–H and O–H groups in total. The van der Waals surface area contributed by atoms with E-state index >= 15 is 0 Å². The number of unbranched alkanes of at least 4 members (excludes halogenated alkanes) is 1. The normalized spacial score (nSPS) is 41.3. The summed E-state index contributed by atoms with van der Waals surface area (Å²) in [5.74, 6) is 1.02. The highest BCUT2D eigenvalue weighted by atomic mass is 16.5. The molecule has 0 aromatic heterocycles. The summed E-state index contributed by atoms with van der Waals surface area (Å²) < 4.78 is 12.4. The van der Waals surface area contributed by atoms with E-state index in [1.165, 1.54) is 11.1 Å². The van der Waals surface area contributed by atoms with E-state index in [4.69, 9.17) is 9.47 Å². The third-order valence-electron chi connectivity index (χ3n) is 9.04. The standard InChI is InChI=1S/C30H46O4/c1-19(2)23-11-13-25(29(23)31)27-15-9-21(17-33-27)7-5-6-8-22-10-16-28(34-18-22)26-14-12-24(20(3)4)30(26)32/h7-8,23-32H,1,3,5-6,9-18H2,2,4H3/b21-7-,22-8-/t23-,24+,25-,26-,27-,28-,29+,30+/m1/s1. The largest absolute Gasteiger partial charge is 0.392 e. The van der Waals surface area contributed by atoms with Gasteiger partial charge in [-0.2, -0.15) is 0 Å². The molecule has 0 spiro atoms. The first kappa shape index (κ1) is 25.9. The highest BCUT2D eigenvalue weighted by molar-refractivity contribution is 5.12. The summed E-state index contributed by atoms with van der Waals surface area (Å²) in [7, 11) is 0. The number of ether oxygens (including phenoxy) is 2. The summed E-state index contributed by atoms with van der Waals surface area (Å²) in [5.41, 5.74) is 5.01.